The molecule has 3 atom stereocenters. The Balaban J connectivity index is 0.794. The zero-order chi connectivity index (χ0) is 46.5. The summed E-state index contributed by atoms with van der Waals surface area (Å²) in [5, 5.41) is 29.1. The molecule has 2 unspecified atom stereocenters. The Kier molecular flexibility index (Phi) is 12.3. The highest BCUT2D eigenvalue weighted by Crippen LogP contribution is 2.41. The Morgan fingerprint density at radius 3 is 2.59 bits per heavy atom. The van der Waals surface area contributed by atoms with Gasteiger partial charge in [-0.3, -0.25) is 33.3 Å². The number of aliphatic hydroxyl groups is 1. The number of amides is 2. The van der Waals surface area contributed by atoms with Gasteiger partial charge in [-0.1, -0.05) is 19.1 Å². The van der Waals surface area contributed by atoms with Crippen molar-refractivity contribution < 1.29 is 37.0 Å². The monoisotopic (exact) mass is 924 g/mol. The van der Waals surface area contributed by atoms with Gasteiger partial charge in [-0.25, -0.2) is 9.37 Å². The maximum absolute atomic E-state index is 15.1. The van der Waals surface area contributed by atoms with E-state index in [1.165, 1.54) is 31.1 Å². The van der Waals surface area contributed by atoms with E-state index >= 15 is 4.39 Å². The molecule has 66 heavy (non-hydrogen) atoms. The van der Waals surface area contributed by atoms with Gasteiger partial charge in [0.1, 0.15) is 23.6 Å². The number of nitrogens with zero attached hydrogens (tertiary/aromatic N) is 8. The number of ether oxygens (including phenoxy) is 2. The first-order valence-electron chi connectivity index (χ1n) is 22.4. The number of benzene rings is 3. The summed E-state index contributed by atoms with van der Waals surface area (Å²) in [6.45, 7) is 5.14. The SMILES string of the molecule is CCN(C)S(=O)(=O)Nc1ccc(F)c(Oc2ccc3ncn([C@H]4COC5(CCN(C(=O)CN6CCC(c7ccc8c(C9CCC(=O)NC9O)nn(C)c8c7)CC6)CC5)C4)c(=O)c3c2)c1C#N. The Hall–Kier alpha value is -5.98. The van der Waals surface area contributed by atoms with E-state index in [2.05, 4.69) is 38.1 Å². The molecular weight excluding hydrogens is 872 g/mol. The van der Waals surface area contributed by atoms with Gasteiger partial charge in [0.05, 0.1) is 58.9 Å². The highest BCUT2D eigenvalue weighted by Gasteiger charge is 2.44. The summed E-state index contributed by atoms with van der Waals surface area (Å²) in [4.78, 5) is 48.0. The number of carbonyl (C=O) groups excluding carboxylic acids is 2. The Labute approximate surface area is 381 Å². The van der Waals surface area contributed by atoms with Crippen LogP contribution in [-0.2, 0) is 31.6 Å². The third-order valence-corrected chi connectivity index (χ3v) is 15.5. The zero-order valence-corrected chi connectivity index (χ0v) is 37.9. The van der Waals surface area contributed by atoms with Crippen LogP contribution in [0.3, 0.4) is 0 Å². The number of fused-ring (bicyclic) bond motifs is 2. The highest BCUT2D eigenvalue weighted by atomic mass is 32.2. The van der Waals surface area contributed by atoms with Gasteiger partial charge in [-0.05, 0) is 99.5 Å². The van der Waals surface area contributed by atoms with Crippen LogP contribution in [0.4, 0.5) is 10.1 Å². The lowest BCUT2D eigenvalue weighted by Crippen LogP contribution is -2.50. The molecule has 0 radical (unpaired) electrons. The van der Waals surface area contributed by atoms with E-state index in [0.717, 1.165) is 59.0 Å². The number of nitriles is 1. The molecule has 18 nitrogen and oxygen atoms in total. The van der Waals surface area contributed by atoms with E-state index in [-0.39, 0.29) is 64.9 Å². The number of rotatable bonds is 11. The minimum absolute atomic E-state index is 0.0502. The van der Waals surface area contributed by atoms with E-state index in [0.29, 0.717) is 63.2 Å². The fourth-order valence-electron chi connectivity index (χ4n) is 9.92. The van der Waals surface area contributed by atoms with E-state index in [1.54, 1.807) is 17.6 Å². The van der Waals surface area contributed by atoms with Gasteiger partial charge in [0.15, 0.2) is 11.6 Å². The van der Waals surface area contributed by atoms with Crippen LogP contribution in [-0.4, -0.2) is 124 Å². The molecule has 348 valence electrons. The normalized spacial score (nSPS) is 21.7. The van der Waals surface area contributed by atoms with Crippen LogP contribution in [0, 0.1) is 17.1 Å². The lowest BCUT2D eigenvalue weighted by atomic mass is 9.87. The van der Waals surface area contributed by atoms with Crippen LogP contribution in [0.1, 0.15) is 86.6 Å². The molecule has 6 heterocycles. The summed E-state index contributed by atoms with van der Waals surface area (Å²) in [5.41, 5.74) is 2.04. The maximum atomic E-state index is 15.1. The number of anilines is 1. The fourth-order valence-corrected chi connectivity index (χ4v) is 10.9. The van der Waals surface area contributed by atoms with E-state index in [9.17, 15) is 33.2 Å². The summed E-state index contributed by atoms with van der Waals surface area (Å²) >= 11 is 0. The van der Waals surface area contributed by atoms with E-state index in [1.807, 2.05) is 22.7 Å². The second kappa shape index (κ2) is 18.0. The number of halogens is 1. The van der Waals surface area contributed by atoms with Crippen LogP contribution in [0.15, 0.2) is 59.7 Å². The summed E-state index contributed by atoms with van der Waals surface area (Å²) in [6.07, 6.45) is 5.12. The molecule has 20 heteroatoms. The molecule has 3 N–H and O–H groups in total. The van der Waals surface area contributed by atoms with Crippen molar-refractivity contribution in [3.05, 3.63) is 87.9 Å². The van der Waals surface area contributed by atoms with Crippen molar-refractivity contribution in [3.8, 4) is 17.6 Å². The molecule has 2 aromatic heterocycles. The molecular formula is C46H53FN10O8S. The van der Waals surface area contributed by atoms with Gasteiger partial charge in [-0.2, -0.15) is 23.1 Å². The molecule has 4 aliphatic heterocycles. The summed E-state index contributed by atoms with van der Waals surface area (Å²) in [7, 11) is -0.759. The molecule has 0 aliphatic carbocycles. The number of carbonyl (C=O) groups is 2. The lowest BCUT2D eigenvalue weighted by molar-refractivity contribution is -0.137. The minimum atomic E-state index is -4.03. The van der Waals surface area contributed by atoms with Crippen LogP contribution in [0.25, 0.3) is 21.8 Å². The number of hydrogen-bond donors (Lipinski definition) is 3. The number of nitrogens with one attached hydrogen (secondary N) is 2. The molecule has 4 fully saturated rings. The van der Waals surface area contributed by atoms with Crippen LogP contribution in [0.5, 0.6) is 11.5 Å². The lowest BCUT2D eigenvalue weighted by Gasteiger charge is -2.40. The number of piperidine rings is 3. The third kappa shape index (κ3) is 8.73. The second-order valence-electron chi connectivity index (χ2n) is 17.9. The molecule has 4 saturated heterocycles. The first-order valence-corrected chi connectivity index (χ1v) is 23.8. The summed E-state index contributed by atoms with van der Waals surface area (Å²) < 4.78 is 59.5. The Morgan fingerprint density at radius 2 is 1.86 bits per heavy atom. The molecule has 5 aromatic rings. The molecule has 0 bridgehead atoms. The maximum Gasteiger partial charge on any atom is 0.301 e. The number of hydrogen-bond acceptors (Lipinski definition) is 12. The Bertz CT molecular complexity index is 2920. The van der Waals surface area contributed by atoms with E-state index < -0.39 is 33.6 Å². The van der Waals surface area contributed by atoms with Crippen molar-refractivity contribution in [1.82, 2.24) is 38.8 Å². The molecule has 2 amide bonds. The van der Waals surface area contributed by atoms with Gasteiger partial charge in [-0.15, -0.1) is 0 Å². The van der Waals surface area contributed by atoms with Crippen LogP contribution >= 0.6 is 0 Å². The average Bonchev–Trinajstić information content (AvgIpc) is 3.87. The predicted molar refractivity (Wildman–Crippen MR) is 241 cm³/mol. The van der Waals surface area contributed by atoms with Crippen molar-refractivity contribution in [3.63, 3.8) is 0 Å². The third-order valence-electron chi connectivity index (χ3n) is 13.9. The molecule has 0 saturated carbocycles. The van der Waals surface area contributed by atoms with E-state index in [4.69, 9.17) is 14.6 Å². The standard InChI is InChI=1S/C46H53FN10O8S/c1-4-53(2)66(62,63)52-38-11-9-36(47)43(35(38)24-48)65-31-6-10-37-34(22-31)45(61)57(27-49-37)30-23-46(64-26-30)15-19-56(20-16-46)41(59)25-55-17-13-28(14-18-55)29-5-7-32-39(21-29)54(3)51-42(32)33-8-12-40(58)50-44(33)60/h5-7,9-11,21-22,27-28,30,33,44,52,60H,4,8,12-20,23,25-26H2,1-3H3,(H,50,58)/t30-,33?,44?/m1/s1. The second-order valence-corrected chi connectivity index (χ2v) is 19.7. The van der Waals surface area contributed by atoms with Crippen molar-refractivity contribution in [1.29, 1.82) is 5.26 Å². The fraction of sp³-hybridized carbons (Fsp3) is 0.478. The number of aliphatic hydroxyl groups excluding tert-OH is 1. The van der Waals surface area contributed by atoms with Gasteiger partial charge in [0, 0.05) is 51.5 Å². The van der Waals surface area contributed by atoms with Gasteiger partial charge in [0.2, 0.25) is 11.8 Å². The molecule has 9 rings (SSSR count). The largest absolute Gasteiger partial charge is 0.453 e. The van der Waals surface area contributed by atoms with Crippen molar-refractivity contribution in [2.75, 3.05) is 57.6 Å². The molecule has 3 aromatic carbocycles. The van der Waals surface area contributed by atoms with Gasteiger partial charge < -0.3 is 24.8 Å². The average molecular weight is 925 g/mol. The van der Waals surface area contributed by atoms with Crippen molar-refractivity contribution in [2.24, 2.45) is 7.05 Å². The first kappa shape index (κ1) is 45.2. The smallest absolute Gasteiger partial charge is 0.301 e. The van der Waals surface area contributed by atoms with Crippen molar-refractivity contribution >= 4 is 49.5 Å². The summed E-state index contributed by atoms with van der Waals surface area (Å²) in [6, 6.07) is 14.5. The Morgan fingerprint density at radius 1 is 1.09 bits per heavy atom. The number of aryl methyl sites for hydroxylation is 1. The number of likely N-dealkylation sites (tertiary alicyclic amines) is 2. The number of aromatic nitrogens is 4. The topological polar surface area (TPSA) is 217 Å². The predicted octanol–water partition coefficient (Wildman–Crippen LogP) is 4.21. The van der Waals surface area contributed by atoms with Gasteiger partial charge in [0.25, 0.3) is 5.56 Å². The highest BCUT2D eigenvalue weighted by molar-refractivity contribution is 7.90. The molecule has 4 aliphatic rings. The van der Waals surface area contributed by atoms with Crippen LogP contribution < -0.4 is 20.3 Å². The quantitative estimate of drug-likeness (QED) is 0.170. The van der Waals surface area contributed by atoms with Crippen molar-refractivity contribution in [2.45, 2.75) is 81.6 Å². The minimum Gasteiger partial charge on any atom is -0.453 e. The van der Waals surface area contributed by atoms with Gasteiger partial charge >= 0.3 is 10.2 Å². The molecule has 1 spiro atoms. The zero-order valence-electron chi connectivity index (χ0n) is 37.1. The summed E-state index contributed by atoms with van der Waals surface area (Å²) in [5.74, 6) is -1.31. The van der Waals surface area contributed by atoms with Crippen LogP contribution in [0.2, 0.25) is 0 Å². The first-order chi connectivity index (χ1) is 31.7.